The first kappa shape index (κ1) is 18.7. The van der Waals surface area contributed by atoms with Gasteiger partial charge in [-0.25, -0.2) is 14.5 Å². The minimum atomic E-state index is 0.0404. The zero-order valence-electron chi connectivity index (χ0n) is 17.1. The molecule has 0 spiro atoms. The highest BCUT2D eigenvalue weighted by Gasteiger charge is 2.18. The van der Waals surface area contributed by atoms with Crippen molar-refractivity contribution in [3.63, 3.8) is 0 Å². The first-order valence-corrected chi connectivity index (χ1v) is 10.7. The number of hydrogen-bond donors (Lipinski definition) is 0. The molecule has 0 saturated carbocycles. The first-order valence-electron chi connectivity index (χ1n) is 9.88. The van der Waals surface area contributed by atoms with Crippen molar-refractivity contribution in [1.82, 2.24) is 19.6 Å². The quantitative estimate of drug-likeness (QED) is 0.427. The fraction of sp³-hybridized carbons (Fsp3) is 0.217. The van der Waals surface area contributed by atoms with Crippen LogP contribution in [0.2, 0.25) is 0 Å². The van der Waals surface area contributed by atoms with Crippen LogP contribution in [0.15, 0.2) is 48.5 Å². The van der Waals surface area contributed by atoms with Crippen molar-refractivity contribution >= 4 is 49.1 Å². The van der Waals surface area contributed by atoms with E-state index in [9.17, 15) is 4.79 Å². The second-order valence-corrected chi connectivity index (χ2v) is 8.44. The summed E-state index contributed by atoms with van der Waals surface area (Å²) < 4.78 is 2.98. The number of thiazole rings is 1. The predicted molar refractivity (Wildman–Crippen MR) is 121 cm³/mol. The molecule has 0 aliphatic heterocycles. The van der Waals surface area contributed by atoms with Crippen LogP contribution in [0, 0.1) is 13.8 Å². The molecule has 0 bridgehead atoms. The van der Waals surface area contributed by atoms with Gasteiger partial charge in [0, 0.05) is 30.2 Å². The molecule has 6 nitrogen and oxygen atoms in total. The van der Waals surface area contributed by atoms with Gasteiger partial charge in [-0.05, 0) is 50.1 Å². The standard InChI is InChI=1S/C23H21N5OS/c1-14-16(15(2)28-22(24-14)17-8-4-5-9-18(17)26-28)12-13-21(29)27(3)23-25-19-10-6-7-11-20(19)30-23/h4-11H,12-13H2,1-3H3. The third kappa shape index (κ3) is 3.02. The first-order chi connectivity index (χ1) is 14.5. The molecule has 3 aromatic heterocycles. The number of fused-ring (bicyclic) bond motifs is 4. The van der Waals surface area contributed by atoms with Gasteiger partial charge in [-0.2, -0.15) is 5.10 Å². The summed E-state index contributed by atoms with van der Waals surface area (Å²) in [7, 11) is 1.79. The summed E-state index contributed by atoms with van der Waals surface area (Å²) in [6.45, 7) is 4.05. The number of nitrogens with zero attached hydrogens (tertiary/aromatic N) is 5. The maximum atomic E-state index is 12.9. The smallest absolute Gasteiger partial charge is 0.228 e. The van der Waals surface area contributed by atoms with Crippen molar-refractivity contribution in [2.75, 3.05) is 11.9 Å². The second kappa shape index (κ2) is 7.18. The Hall–Kier alpha value is -3.32. The van der Waals surface area contributed by atoms with Crippen molar-refractivity contribution in [3.05, 3.63) is 65.5 Å². The van der Waals surface area contributed by atoms with E-state index in [4.69, 9.17) is 10.1 Å². The average Bonchev–Trinajstić information content (AvgIpc) is 3.34. The molecule has 7 heteroatoms. The molecular weight excluding hydrogens is 394 g/mol. The molecule has 30 heavy (non-hydrogen) atoms. The second-order valence-electron chi connectivity index (χ2n) is 7.43. The molecule has 150 valence electrons. The van der Waals surface area contributed by atoms with Gasteiger partial charge in [0.25, 0.3) is 0 Å². The fourth-order valence-electron chi connectivity index (χ4n) is 3.85. The Morgan fingerprint density at radius 1 is 1.03 bits per heavy atom. The Morgan fingerprint density at radius 3 is 2.57 bits per heavy atom. The molecule has 3 heterocycles. The molecule has 0 N–H and O–H groups in total. The summed E-state index contributed by atoms with van der Waals surface area (Å²) in [4.78, 5) is 23.9. The summed E-state index contributed by atoms with van der Waals surface area (Å²) in [5, 5.41) is 6.47. The lowest BCUT2D eigenvalue weighted by molar-refractivity contribution is -0.118. The zero-order chi connectivity index (χ0) is 20.8. The number of aryl methyl sites for hydroxylation is 2. The van der Waals surface area contributed by atoms with Gasteiger partial charge in [-0.1, -0.05) is 35.6 Å². The molecule has 2 aromatic carbocycles. The monoisotopic (exact) mass is 415 g/mol. The molecule has 0 unspecified atom stereocenters. The van der Waals surface area contributed by atoms with Crippen molar-refractivity contribution in [2.24, 2.45) is 0 Å². The van der Waals surface area contributed by atoms with Crippen molar-refractivity contribution < 1.29 is 4.79 Å². The Morgan fingerprint density at radius 2 is 1.77 bits per heavy atom. The maximum Gasteiger partial charge on any atom is 0.228 e. The van der Waals surface area contributed by atoms with E-state index < -0.39 is 0 Å². The number of benzene rings is 2. The predicted octanol–water partition coefficient (Wildman–Crippen LogP) is 4.70. The van der Waals surface area contributed by atoms with E-state index >= 15 is 0 Å². The van der Waals surface area contributed by atoms with Gasteiger partial charge < -0.3 is 0 Å². The molecule has 0 saturated heterocycles. The van der Waals surface area contributed by atoms with Crippen LogP contribution in [-0.4, -0.2) is 32.5 Å². The highest BCUT2D eigenvalue weighted by atomic mass is 32.1. The van der Waals surface area contributed by atoms with Gasteiger partial charge in [0.15, 0.2) is 10.8 Å². The lowest BCUT2D eigenvalue weighted by atomic mass is 10.1. The Bertz CT molecular complexity index is 1380. The lowest BCUT2D eigenvalue weighted by Gasteiger charge is -2.15. The van der Waals surface area contributed by atoms with Crippen molar-refractivity contribution in [2.45, 2.75) is 26.7 Å². The molecule has 0 fully saturated rings. The molecule has 0 radical (unpaired) electrons. The summed E-state index contributed by atoms with van der Waals surface area (Å²) in [6.07, 6.45) is 1.01. The number of carbonyl (C=O) groups is 1. The van der Waals surface area contributed by atoms with E-state index in [-0.39, 0.29) is 5.91 Å². The van der Waals surface area contributed by atoms with Gasteiger partial charge in [0.05, 0.1) is 15.7 Å². The minimum Gasteiger partial charge on any atom is -0.291 e. The normalized spacial score (nSPS) is 11.6. The number of rotatable bonds is 4. The van der Waals surface area contributed by atoms with Crippen LogP contribution in [0.25, 0.3) is 26.8 Å². The minimum absolute atomic E-state index is 0.0404. The summed E-state index contributed by atoms with van der Waals surface area (Å²) in [6, 6.07) is 16.0. The van der Waals surface area contributed by atoms with Crippen molar-refractivity contribution in [1.29, 1.82) is 0 Å². The Labute approximate surface area is 177 Å². The maximum absolute atomic E-state index is 12.9. The van der Waals surface area contributed by atoms with Gasteiger partial charge in [-0.15, -0.1) is 0 Å². The van der Waals surface area contributed by atoms with Gasteiger partial charge in [0.2, 0.25) is 5.91 Å². The summed E-state index contributed by atoms with van der Waals surface area (Å²) >= 11 is 1.53. The van der Waals surface area contributed by atoms with E-state index in [1.807, 2.05) is 66.9 Å². The number of hydrogen-bond acceptors (Lipinski definition) is 5. The van der Waals surface area contributed by atoms with Gasteiger partial charge in [0.1, 0.15) is 0 Å². The molecule has 5 rings (SSSR count). The summed E-state index contributed by atoms with van der Waals surface area (Å²) in [5.41, 5.74) is 5.76. The number of amides is 1. The molecular formula is C23H21N5OS. The molecule has 0 aliphatic carbocycles. The highest BCUT2D eigenvalue weighted by Crippen LogP contribution is 2.28. The molecule has 5 aromatic rings. The Kier molecular flexibility index (Phi) is 4.47. The largest absolute Gasteiger partial charge is 0.291 e. The highest BCUT2D eigenvalue weighted by molar-refractivity contribution is 7.22. The zero-order valence-corrected chi connectivity index (χ0v) is 17.9. The van der Waals surface area contributed by atoms with Crippen LogP contribution >= 0.6 is 11.3 Å². The van der Waals surface area contributed by atoms with E-state index in [0.29, 0.717) is 12.8 Å². The van der Waals surface area contributed by atoms with Crippen LogP contribution in [0.4, 0.5) is 5.13 Å². The van der Waals surface area contributed by atoms with E-state index in [0.717, 1.165) is 48.8 Å². The number of para-hydroxylation sites is 1. The van der Waals surface area contributed by atoms with Crippen LogP contribution in [0.1, 0.15) is 23.4 Å². The molecule has 0 aliphatic rings. The van der Waals surface area contributed by atoms with Crippen LogP contribution in [-0.2, 0) is 11.2 Å². The van der Waals surface area contributed by atoms with E-state index in [2.05, 4.69) is 4.98 Å². The SMILES string of the molecule is Cc1nc2c3ccccc3nn2c(C)c1CCC(=O)N(C)c1nc2ccccc2s1. The van der Waals surface area contributed by atoms with E-state index in [1.54, 1.807) is 11.9 Å². The van der Waals surface area contributed by atoms with Gasteiger partial charge >= 0.3 is 0 Å². The van der Waals surface area contributed by atoms with Crippen LogP contribution < -0.4 is 4.90 Å². The molecule has 0 atom stereocenters. The van der Waals surface area contributed by atoms with Crippen molar-refractivity contribution in [3.8, 4) is 0 Å². The van der Waals surface area contributed by atoms with Gasteiger partial charge in [-0.3, -0.25) is 9.69 Å². The average molecular weight is 416 g/mol. The number of anilines is 1. The van der Waals surface area contributed by atoms with Crippen LogP contribution in [0.3, 0.4) is 0 Å². The lowest BCUT2D eigenvalue weighted by Crippen LogP contribution is -2.26. The van der Waals surface area contributed by atoms with E-state index in [1.165, 1.54) is 11.3 Å². The summed E-state index contributed by atoms with van der Waals surface area (Å²) in [5.74, 6) is 0.0404. The number of carbonyl (C=O) groups excluding carboxylic acids is 1. The topological polar surface area (TPSA) is 63.4 Å². The third-order valence-electron chi connectivity index (χ3n) is 5.55. The third-order valence-corrected chi connectivity index (χ3v) is 6.66. The molecule has 1 amide bonds. The fourth-order valence-corrected chi connectivity index (χ4v) is 4.79. The number of aromatic nitrogens is 4. The van der Waals surface area contributed by atoms with Crippen LogP contribution in [0.5, 0.6) is 0 Å². The Balaban J connectivity index is 1.41.